The highest BCUT2D eigenvalue weighted by molar-refractivity contribution is 5.69. The monoisotopic (exact) mass is 430 g/mol. The number of carboxylic acid groups (broad SMARTS) is 1. The van der Waals surface area contributed by atoms with Crippen molar-refractivity contribution in [1.82, 2.24) is 0 Å². The highest BCUT2D eigenvalue weighted by Crippen LogP contribution is 2.32. The molecule has 1 heterocycles. The Bertz CT molecular complexity index is 692. The maximum atomic E-state index is 9.98. The average Bonchev–Trinajstić information content (AvgIpc) is 2.74. The second kappa shape index (κ2) is 12.5. The van der Waals surface area contributed by atoms with E-state index in [9.17, 15) is 20.1 Å². The lowest BCUT2D eigenvalue weighted by Crippen LogP contribution is -2.58. The van der Waals surface area contributed by atoms with Crippen LogP contribution in [0.4, 0.5) is 0 Å². The van der Waals surface area contributed by atoms with Crippen molar-refractivity contribution in [1.29, 1.82) is 0 Å². The third kappa shape index (κ3) is 7.24. The highest BCUT2D eigenvalue weighted by atomic mass is 16.7. The fourth-order valence-corrected chi connectivity index (χ4v) is 2.39. The Morgan fingerprint density at radius 1 is 1.17 bits per heavy atom. The average molecular weight is 430 g/mol. The fourth-order valence-electron chi connectivity index (χ4n) is 2.39. The number of aliphatic hydroxyl groups is 5. The van der Waals surface area contributed by atoms with Crippen molar-refractivity contribution in [3.05, 3.63) is 29.8 Å². The number of hydrogen-bond donors (Lipinski definition) is 6. The van der Waals surface area contributed by atoms with Crippen LogP contribution in [0.25, 0.3) is 6.08 Å². The first-order valence-corrected chi connectivity index (χ1v) is 9.31. The van der Waals surface area contributed by atoms with Crippen LogP contribution in [-0.4, -0.2) is 87.6 Å². The van der Waals surface area contributed by atoms with Gasteiger partial charge in [-0.15, -0.1) is 0 Å². The van der Waals surface area contributed by atoms with Gasteiger partial charge in [-0.3, -0.25) is 4.79 Å². The van der Waals surface area contributed by atoms with E-state index in [0.717, 1.165) is 5.56 Å². The largest absolute Gasteiger partial charge is 0.493 e. The van der Waals surface area contributed by atoms with Crippen LogP contribution < -0.4 is 9.47 Å². The molecule has 0 bridgehead atoms. The number of methoxy groups -OCH3 is 1. The molecule has 1 aliphatic heterocycles. The first-order valence-electron chi connectivity index (χ1n) is 9.31. The van der Waals surface area contributed by atoms with Crippen LogP contribution in [0.3, 0.4) is 0 Å². The summed E-state index contributed by atoms with van der Waals surface area (Å²) in [4.78, 5) is 9.77. The molecule has 0 saturated carbocycles. The SMILES string of the molecule is CC(CO)C(=O)O.COc1cc(C=CCO)ccc1OC1OC(C)C(O)C(O)C1O. The lowest BCUT2D eigenvalue weighted by Gasteiger charge is -2.39. The molecule has 2 rings (SSSR count). The zero-order chi connectivity index (χ0) is 22.8. The van der Waals surface area contributed by atoms with Crippen molar-refractivity contribution >= 4 is 12.0 Å². The van der Waals surface area contributed by atoms with Crippen molar-refractivity contribution in [2.75, 3.05) is 20.3 Å². The van der Waals surface area contributed by atoms with Gasteiger partial charge < -0.3 is 44.8 Å². The summed E-state index contributed by atoms with van der Waals surface area (Å²) in [7, 11) is 1.47. The summed E-state index contributed by atoms with van der Waals surface area (Å²) >= 11 is 0. The van der Waals surface area contributed by atoms with Crippen LogP contribution in [0, 0.1) is 5.92 Å². The highest BCUT2D eigenvalue weighted by Gasteiger charge is 2.43. The Labute approximate surface area is 174 Å². The van der Waals surface area contributed by atoms with E-state index in [2.05, 4.69) is 0 Å². The standard InChI is InChI=1S/C16H22O7.C4H8O3/c1-9-13(18)14(19)15(20)16(22-9)23-11-6-5-10(4-3-7-17)8-12(11)21-2;1-3(2-5)4(6)7/h3-6,8-9,13-20H,7H2,1-2H3;3,5H,2H2,1H3,(H,6,7). The first-order chi connectivity index (χ1) is 14.2. The van der Waals surface area contributed by atoms with Crippen LogP contribution in [0.15, 0.2) is 24.3 Å². The van der Waals surface area contributed by atoms with Crippen LogP contribution in [-0.2, 0) is 9.53 Å². The van der Waals surface area contributed by atoms with E-state index in [1.807, 2.05) is 0 Å². The van der Waals surface area contributed by atoms with Gasteiger partial charge in [-0.25, -0.2) is 0 Å². The van der Waals surface area contributed by atoms with E-state index in [0.29, 0.717) is 11.5 Å². The normalized spacial score (nSPS) is 27.1. The molecule has 1 saturated heterocycles. The van der Waals surface area contributed by atoms with Gasteiger partial charge in [0.1, 0.15) is 18.3 Å². The Balaban J connectivity index is 0.000000553. The molecule has 10 heteroatoms. The predicted molar refractivity (Wildman–Crippen MR) is 106 cm³/mol. The molecule has 30 heavy (non-hydrogen) atoms. The Morgan fingerprint density at radius 3 is 2.33 bits per heavy atom. The van der Waals surface area contributed by atoms with Gasteiger partial charge >= 0.3 is 5.97 Å². The second-order valence-corrected chi connectivity index (χ2v) is 6.72. The molecule has 1 aliphatic rings. The van der Waals surface area contributed by atoms with Gasteiger partial charge in [0.2, 0.25) is 6.29 Å². The Hall–Kier alpha value is -2.21. The van der Waals surface area contributed by atoms with Crippen molar-refractivity contribution in [3.8, 4) is 11.5 Å². The summed E-state index contributed by atoms with van der Waals surface area (Å²) in [6.07, 6.45) is -2.44. The minimum atomic E-state index is -1.39. The van der Waals surface area contributed by atoms with Crippen molar-refractivity contribution in [2.45, 2.75) is 44.6 Å². The third-order valence-electron chi connectivity index (χ3n) is 4.35. The van der Waals surface area contributed by atoms with Gasteiger partial charge in [0.25, 0.3) is 0 Å². The van der Waals surface area contributed by atoms with Crippen LogP contribution in [0.2, 0.25) is 0 Å². The molecule has 1 aromatic rings. The number of carboxylic acids is 1. The van der Waals surface area contributed by atoms with Gasteiger partial charge in [0, 0.05) is 0 Å². The number of aliphatic carboxylic acids is 1. The molecule has 1 fully saturated rings. The van der Waals surface area contributed by atoms with Crippen molar-refractivity contribution in [3.63, 3.8) is 0 Å². The van der Waals surface area contributed by atoms with Gasteiger partial charge in [-0.05, 0) is 31.5 Å². The molecule has 1 aromatic carbocycles. The maximum absolute atomic E-state index is 9.98. The molecule has 6 unspecified atom stereocenters. The van der Waals surface area contributed by atoms with Gasteiger partial charge in [-0.1, -0.05) is 18.2 Å². The van der Waals surface area contributed by atoms with E-state index in [4.69, 9.17) is 29.5 Å². The second-order valence-electron chi connectivity index (χ2n) is 6.72. The van der Waals surface area contributed by atoms with Gasteiger partial charge in [0.05, 0.1) is 32.3 Å². The zero-order valence-corrected chi connectivity index (χ0v) is 17.1. The summed E-state index contributed by atoms with van der Waals surface area (Å²) in [5.41, 5.74) is 0.803. The van der Waals surface area contributed by atoms with Crippen LogP contribution in [0.1, 0.15) is 19.4 Å². The number of carbonyl (C=O) groups is 1. The number of benzene rings is 1. The van der Waals surface area contributed by atoms with E-state index in [-0.39, 0.29) is 13.2 Å². The summed E-state index contributed by atoms with van der Waals surface area (Å²) < 4.78 is 16.2. The summed E-state index contributed by atoms with van der Waals surface area (Å²) in [6.45, 7) is 2.68. The lowest BCUT2D eigenvalue weighted by atomic mass is 10.00. The van der Waals surface area contributed by atoms with Gasteiger partial charge in [0.15, 0.2) is 11.5 Å². The maximum Gasteiger partial charge on any atom is 0.308 e. The minimum absolute atomic E-state index is 0.0687. The molecule has 10 nitrogen and oxygen atoms in total. The number of aliphatic hydroxyl groups excluding tert-OH is 5. The summed E-state index contributed by atoms with van der Waals surface area (Å²) in [6, 6.07) is 5.08. The summed E-state index contributed by atoms with van der Waals surface area (Å²) in [5.74, 6) is -0.842. The van der Waals surface area contributed by atoms with E-state index >= 15 is 0 Å². The third-order valence-corrected chi connectivity index (χ3v) is 4.35. The topological polar surface area (TPSA) is 166 Å². The van der Waals surface area contributed by atoms with E-state index in [1.165, 1.54) is 14.0 Å². The first kappa shape index (κ1) is 25.8. The zero-order valence-electron chi connectivity index (χ0n) is 17.1. The fraction of sp³-hybridized carbons (Fsp3) is 0.550. The molecule has 0 aromatic heterocycles. The Morgan fingerprint density at radius 2 is 1.83 bits per heavy atom. The smallest absolute Gasteiger partial charge is 0.308 e. The van der Waals surface area contributed by atoms with Crippen molar-refractivity contribution < 1.29 is 49.6 Å². The van der Waals surface area contributed by atoms with Crippen LogP contribution >= 0.6 is 0 Å². The Kier molecular flexibility index (Phi) is 10.7. The molecule has 6 atom stereocenters. The molecular formula is C20H30O10. The molecular weight excluding hydrogens is 400 g/mol. The van der Waals surface area contributed by atoms with E-state index < -0.39 is 42.6 Å². The quantitative estimate of drug-likeness (QED) is 0.335. The number of rotatable bonds is 7. The lowest BCUT2D eigenvalue weighted by molar-refractivity contribution is -0.268. The molecule has 0 amide bonds. The summed E-state index contributed by atoms with van der Waals surface area (Å²) in [5, 5.41) is 54.4. The number of ether oxygens (including phenoxy) is 3. The van der Waals surface area contributed by atoms with Gasteiger partial charge in [-0.2, -0.15) is 0 Å². The molecule has 170 valence electrons. The minimum Gasteiger partial charge on any atom is -0.493 e. The molecule has 0 aliphatic carbocycles. The van der Waals surface area contributed by atoms with Crippen molar-refractivity contribution in [2.24, 2.45) is 5.92 Å². The predicted octanol–water partition coefficient (Wildman–Crippen LogP) is -0.394. The molecule has 0 radical (unpaired) electrons. The molecule has 6 N–H and O–H groups in total. The van der Waals surface area contributed by atoms with E-state index in [1.54, 1.807) is 37.3 Å². The van der Waals surface area contributed by atoms with Crippen LogP contribution in [0.5, 0.6) is 11.5 Å². The molecule has 0 spiro atoms. The number of hydrogen-bond acceptors (Lipinski definition) is 9.